The summed E-state index contributed by atoms with van der Waals surface area (Å²) >= 11 is 6.08. The molecule has 0 unspecified atom stereocenters. The van der Waals surface area contributed by atoms with Gasteiger partial charge in [0, 0.05) is 12.5 Å². The standard InChI is InChI=1S/C29H39ClN4O7S/c1-28(2,3)41-27(38)31-21-14-8-6-4-5-7-12-19-18-29(19,32-24(35)22-15-11-17-34(22)25(21)36)26(37)33-42(39,40)23-16-10-9-13-20(23)30/h7,9-10,12-13,16,19,21-22H,4-6,8,11,14-15,17-18H2,1-3H3,(H,31,38)(H,32,35)(H,33,37)/t19-,21+,22+,29-/m1/s1. The van der Waals surface area contributed by atoms with Gasteiger partial charge in [-0.05, 0) is 71.4 Å². The smallest absolute Gasteiger partial charge is 0.408 e. The van der Waals surface area contributed by atoms with Crippen molar-refractivity contribution in [1.29, 1.82) is 0 Å². The van der Waals surface area contributed by atoms with Crippen molar-refractivity contribution in [2.75, 3.05) is 6.54 Å². The van der Waals surface area contributed by atoms with Crippen LogP contribution in [0.25, 0.3) is 0 Å². The molecule has 11 nitrogen and oxygen atoms in total. The molecule has 2 heterocycles. The molecule has 0 aromatic heterocycles. The average molecular weight is 623 g/mol. The van der Waals surface area contributed by atoms with E-state index in [2.05, 4.69) is 15.4 Å². The number of fused-ring (bicyclic) bond motifs is 2. The fraction of sp³-hybridized carbons (Fsp3) is 0.586. The first kappa shape index (κ1) is 31.8. The maximum absolute atomic E-state index is 13.7. The van der Waals surface area contributed by atoms with Crippen LogP contribution >= 0.6 is 11.6 Å². The van der Waals surface area contributed by atoms with E-state index in [0.29, 0.717) is 38.6 Å². The molecule has 1 saturated carbocycles. The number of benzene rings is 1. The van der Waals surface area contributed by atoms with Crippen molar-refractivity contribution in [1.82, 2.24) is 20.3 Å². The van der Waals surface area contributed by atoms with Gasteiger partial charge in [0.1, 0.15) is 28.1 Å². The number of nitrogens with one attached hydrogen (secondary N) is 3. The van der Waals surface area contributed by atoms with Crippen LogP contribution in [0.15, 0.2) is 41.3 Å². The Labute approximate surface area is 251 Å². The predicted molar refractivity (Wildman–Crippen MR) is 156 cm³/mol. The van der Waals surface area contributed by atoms with E-state index in [1.807, 2.05) is 12.2 Å². The summed E-state index contributed by atoms with van der Waals surface area (Å²) in [6, 6.07) is 4.02. The lowest BCUT2D eigenvalue weighted by Gasteiger charge is -2.30. The maximum atomic E-state index is 13.7. The van der Waals surface area contributed by atoms with Gasteiger partial charge in [-0.3, -0.25) is 14.4 Å². The van der Waals surface area contributed by atoms with Crippen molar-refractivity contribution in [2.45, 2.75) is 100 Å². The van der Waals surface area contributed by atoms with Crippen molar-refractivity contribution in [3.05, 3.63) is 41.4 Å². The van der Waals surface area contributed by atoms with E-state index in [-0.39, 0.29) is 16.3 Å². The summed E-state index contributed by atoms with van der Waals surface area (Å²) in [4.78, 5) is 54.6. The zero-order valence-corrected chi connectivity index (χ0v) is 25.7. The lowest BCUT2D eigenvalue weighted by Crippen LogP contribution is -2.58. The maximum Gasteiger partial charge on any atom is 0.408 e. The van der Waals surface area contributed by atoms with Gasteiger partial charge >= 0.3 is 6.09 Å². The molecule has 2 aliphatic heterocycles. The Hall–Kier alpha value is -3.12. The monoisotopic (exact) mass is 622 g/mol. The SMILES string of the molecule is CC(C)(C)OC(=O)N[C@H]1CCCCCC=C[C@@H]2C[C@@]2(C(=O)NS(=O)(=O)c2ccccc2Cl)NC(=O)[C@@H]2CCCN2C1=O. The highest BCUT2D eigenvalue weighted by molar-refractivity contribution is 7.90. The summed E-state index contributed by atoms with van der Waals surface area (Å²) in [5.41, 5.74) is -2.24. The first-order valence-corrected chi connectivity index (χ1v) is 16.2. The topological polar surface area (TPSA) is 151 Å². The van der Waals surface area contributed by atoms with E-state index in [1.54, 1.807) is 26.8 Å². The zero-order chi connectivity index (χ0) is 30.7. The third-order valence-corrected chi connectivity index (χ3v) is 9.51. The van der Waals surface area contributed by atoms with Crippen LogP contribution in [0.4, 0.5) is 4.79 Å². The summed E-state index contributed by atoms with van der Waals surface area (Å²) in [6.07, 6.45) is 7.59. The number of amides is 4. The highest BCUT2D eigenvalue weighted by Gasteiger charge is 2.61. The van der Waals surface area contributed by atoms with Crippen LogP contribution in [-0.2, 0) is 29.1 Å². The highest BCUT2D eigenvalue weighted by atomic mass is 35.5. The minimum absolute atomic E-state index is 0.0386. The number of hydrogen-bond donors (Lipinski definition) is 3. The van der Waals surface area contributed by atoms with Crippen LogP contribution in [-0.4, -0.2) is 66.9 Å². The highest BCUT2D eigenvalue weighted by Crippen LogP contribution is 2.46. The van der Waals surface area contributed by atoms with E-state index in [4.69, 9.17) is 16.3 Å². The molecule has 1 saturated heterocycles. The fourth-order valence-corrected chi connectivity index (χ4v) is 7.03. The second-order valence-corrected chi connectivity index (χ2v) is 14.1. The Balaban J connectivity index is 1.57. The molecule has 2 fully saturated rings. The number of sulfonamides is 1. The summed E-state index contributed by atoms with van der Waals surface area (Å²) in [5.74, 6) is -2.22. The minimum atomic E-state index is -4.32. The molecule has 42 heavy (non-hydrogen) atoms. The summed E-state index contributed by atoms with van der Waals surface area (Å²) in [6.45, 7) is 5.51. The molecule has 0 bridgehead atoms. The molecular weight excluding hydrogens is 584 g/mol. The Morgan fingerprint density at radius 3 is 2.55 bits per heavy atom. The van der Waals surface area contributed by atoms with Gasteiger partial charge in [-0.15, -0.1) is 0 Å². The van der Waals surface area contributed by atoms with Crippen molar-refractivity contribution in [3.8, 4) is 0 Å². The molecule has 230 valence electrons. The molecule has 0 spiro atoms. The van der Waals surface area contributed by atoms with Crippen molar-refractivity contribution < 1.29 is 32.3 Å². The van der Waals surface area contributed by atoms with Gasteiger partial charge in [-0.1, -0.05) is 48.7 Å². The van der Waals surface area contributed by atoms with Crippen LogP contribution in [0.3, 0.4) is 0 Å². The van der Waals surface area contributed by atoms with Gasteiger partial charge in [-0.25, -0.2) is 17.9 Å². The van der Waals surface area contributed by atoms with Crippen LogP contribution in [0, 0.1) is 5.92 Å². The first-order chi connectivity index (χ1) is 19.7. The lowest BCUT2D eigenvalue weighted by atomic mass is 10.0. The normalized spacial score (nSPS) is 27.0. The fourth-order valence-electron chi connectivity index (χ4n) is 5.47. The Bertz CT molecular complexity index is 1360. The average Bonchev–Trinajstić information content (AvgIpc) is 3.35. The Morgan fingerprint density at radius 1 is 1.10 bits per heavy atom. The van der Waals surface area contributed by atoms with E-state index in [9.17, 15) is 27.6 Å². The molecule has 0 radical (unpaired) electrons. The molecule has 3 aliphatic rings. The second kappa shape index (κ2) is 12.6. The summed E-state index contributed by atoms with van der Waals surface area (Å²) < 4.78 is 33.6. The largest absolute Gasteiger partial charge is 0.444 e. The molecular formula is C29H39ClN4O7S. The van der Waals surface area contributed by atoms with Crippen LogP contribution in [0.1, 0.15) is 72.1 Å². The molecule has 1 aliphatic carbocycles. The minimum Gasteiger partial charge on any atom is -0.444 e. The van der Waals surface area contributed by atoms with E-state index in [1.165, 1.54) is 23.1 Å². The van der Waals surface area contributed by atoms with Gasteiger partial charge in [0.2, 0.25) is 11.8 Å². The Kier molecular flexibility index (Phi) is 9.56. The van der Waals surface area contributed by atoms with Crippen LogP contribution in [0.5, 0.6) is 0 Å². The summed E-state index contributed by atoms with van der Waals surface area (Å²) in [5, 5.41) is 5.45. The van der Waals surface area contributed by atoms with Crippen LogP contribution < -0.4 is 15.4 Å². The number of allylic oxidation sites excluding steroid dienone is 1. The molecule has 4 rings (SSSR count). The molecule has 4 atom stereocenters. The van der Waals surface area contributed by atoms with Gasteiger partial charge in [0.15, 0.2) is 0 Å². The third kappa shape index (κ3) is 7.44. The van der Waals surface area contributed by atoms with E-state index >= 15 is 0 Å². The van der Waals surface area contributed by atoms with Crippen molar-refractivity contribution >= 4 is 45.4 Å². The number of hydrogen-bond acceptors (Lipinski definition) is 7. The Morgan fingerprint density at radius 2 is 1.83 bits per heavy atom. The molecule has 1 aromatic rings. The summed E-state index contributed by atoms with van der Waals surface area (Å²) in [7, 11) is -4.32. The number of nitrogens with zero attached hydrogens (tertiary/aromatic N) is 1. The van der Waals surface area contributed by atoms with Gasteiger partial charge in [-0.2, -0.15) is 0 Å². The number of carbonyl (C=O) groups excluding carboxylic acids is 4. The van der Waals surface area contributed by atoms with Crippen molar-refractivity contribution in [3.63, 3.8) is 0 Å². The van der Waals surface area contributed by atoms with Gasteiger partial charge in [0.05, 0.1) is 5.02 Å². The lowest BCUT2D eigenvalue weighted by molar-refractivity contribution is -0.141. The molecule has 1 aromatic carbocycles. The molecule has 3 N–H and O–H groups in total. The number of rotatable bonds is 4. The quantitative estimate of drug-likeness (QED) is 0.435. The van der Waals surface area contributed by atoms with Crippen LogP contribution in [0.2, 0.25) is 5.02 Å². The third-order valence-electron chi connectivity index (χ3n) is 7.68. The molecule has 4 amide bonds. The number of carbonyl (C=O) groups is 4. The number of halogens is 1. The van der Waals surface area contributed by atoms with E-state index < -0.39 is 63.0 Å². The number of alkyl carbamates (subject to hydrolysis) is 1. The van der Waals surface area contributed by atoms with E-state index in [0.717, 1.165) is 12.8 Å². The predicted octanol–water partition coefficient (Wildman–Crippen LogP) is 3.42. The van der Waals surface area contributed by atoms with Gasteiger partial charge < -0.3 is 20.3 Å². The zero-order valence-electron chi connectivity index (χ0n) is 24.2. The second-order valence-electron chi connectivity index (χ2n) is 12.1. The molecule has 13 heteroatoms. The first-order valence-electron chi connectivity index (χ1n) is 14.3. The number of ether oxygens (including phenoxy) is 1. The van der Waals surface area contributed by atoms with Crippen molar-refractivity contribution in [2.24, 2.45) is 5.92 Å². The van der Waals surface area contributed by atoms with Gasteiger partial charge in [0.25, 0.3) is 15.9 Å².